The average Bonchev–Trinajstić information content (AvgIpc) is 2.79. The van der Waals surface area contributed by atoms with Crippen molar-refractivity contribution in [2.75, 3.05) is 0 Å². The Bertz CT molecular complexity index is 688. The monoisotopic (exact) mass is 420 g/mol. The summed E-state index contributed by atoms with van der Waals surface area (Å²) in [6.07, 6.45) is 19.1. The minimum Gasteiger partial charge on any atom is -0.0839 e. The molecule has 0 nitrogen and oxygen atoms in total. The molecule has 0 radical (unpaired) electrons. The number of allylic oxidation sites excluding steroid dienone is 1. The predicted molar refractivity (Wildman–Crippen MR) is 142 cm³/mol. The molecule has 0 spiro atoms. The second-order valence-electron chi connectivity index (χ2n) is 8.49. The molecule has 0 aromatic heterocycles. The van der Waals surface area contributed by atoms with Crippen LogP contribution in [0.4, 0.5) is 0 Å². The molecule has 0 heteroatoms. The van der Waals surface area contributed by atoms with Gasteiger partial charge < -0.3 is 0 Å². The Labute approximate surface area is 194 Å². The molecule has 0 bridgehead atoms. The zero-order valence-corrected chi connectivity index (χ0v) is 21.1. The second kappa shape index (κ2) is 17.8. The number of hydrogen-bond donors (Lipinski definition) is 0. The molecule has 1 aliphatic carbocycles. The lowest BCUT2D eigenvalue weighted by molar-refractivity contribution is 0.294. The van der Waals surface area contributed by atoms with Crippen LogP contribution in [0.1, 0.15) is 108 Å². The van der Waals surface area contributed by atoms with Crippen molar-refractivity contribution in [1.82, 2.24) is 0 Å². The first-order valence-electron chi connectivity index (χ1n) is 13.1. The van der Waals surface area contributed by atoms with Gasteiger partial charge in [-0.05, 0) is 60.3 Å². The van der Waals surface area contributed by atoms with Gasteiger partial charge in [0.1, 0.15) is 0 Å². The van der Waals surface area contributed by atoms with E-state index in [9.17, 15) is 0 Å². The summed E-state index contributed by atoms with van der Waals surface area (Å²) >= 11 is 0. The fourth-order valence-electron chi connectivity index (χ4n) is 4.00. The molecule has 1 saturated carbocycles. The van der Waals surface area contributed by atoms with Gasteiger partial charge >= 0.3 is 0 Å². The van der Waals surface area contributed by atoms with Gasteiger partial charge in [-0.25, -0.2) is 0 Å². The van der Waals surface area contributed by atoms with Crippen molar-refractivity contribution in [2.24, 2.45) is 5.92 Å². The number of benzene rings is 2. The molecule has 0 aliphatic heterocycles. The Morgan fingerprint density at radius 1 is 0.806 bits per heavy atom. The van der Waals surface area contributed by atoms with Crippen LogP contribution in [0, 0.1) is 5.92 Å². The van der Waals surface area contributed by atoms with Crippen LogP contribution in [0.25, 0.3) is 6.08 Å². The maximum Gasteiger partial charge on any atom is -0.0260 e. The van der Waals surface area contributed by atoms with Gasteiger partial charge in [0.2, 0.25) is 0 Å². The van der Waals surface area contributed by atoms with Crippen LogP contribution in [0.15, 0.2) is 54.6 Å². The highest BCUT2D eigenvalue weighted by Gasteiger charge is 2.14. The Kier molecular flexibility index (Phi) is 15.6. The van der Waals surface area contributed by atoms with Gasteiger partial charge in [-0.3, -0.25) is 0 Å². The first kappa shape index (κ1) is 27.2. The summed E-state index contributed by atoms with van der Waals surface area (Å²) in [4.78, 5) is 0. The fourth-order valence-corrected chi connectivity index (χ4v) is 4.00. The summed E-state index contributed by atoms with van der Waals surface area (Å²) in [5, 5.41) is 0. The van der Waals surface area contributed by atoms with E-state index < -0.39 is 0 Å². The van der Waals surface area contributed by atoms with Crippen LogP contribution in [0.3, 0.4) is 0 Å². The molecule has 3 rings (SSSR count). The first-order chi connectivity index (χ1) is 15.3. The molecular formula is C31H48. The highest BCUT2D eigenvalue weighted by molar-refractivity contribution is 5.49. The van der Waals surface area contributed by atoms with Crippen LogP contribution in [-0.2, 0) is 19.3 Å². The molecule has 172 valence electrons. The summed E-state index contributed by atoms with van der Waals surface area (Å²) in [5.74, 6) is 1.13. The Balaban J connectivity index is 0.000000447. The third-order valence-electron chi connectivity index (χ3n) is 6.07. The lowest BCUT2D eigenvalue weighted by Crippen LogP contribution is -2.09. The normalized spacial score (nSPS) is 13.1. The largest absolute Gasteiger partial charge is 0.0839 e. The molecule has 2 aromatic carbocycles. The molecular weight excluding hydrogens is 372 g/mol. The number of aryl methyl sites for hydroxylation is 3. The molecule has 0 N–H and O–H groups in total. The van der Waals surface area contributed by atoms with Crippen LogP contribution < -0.4 is 0 Å². The Morgan fingerprint density at radius 3 is 1.94 bits per heavy atom. The molecule has 2 aromatic rings. The summed E-state index contributed by atoms with van der Waals surface area (Å²) in [7, 11) is 0. The average molecular weight is 421 g/mol. The minimum absolute atomic E-state index is 1.11. The van der Waals surface area contributed by atoms with Crippen molar-refractivity contribution in [3.8, 4) is 0 Å². The van der Waals surface area contributed by atoms with Gasteiger partial charge in [0.05, 0.1) is 0 Å². The molecule has 0 heterocycles. The first-order valence-corrected chi connectivity index (χ1v) is 13.1. The van der Waals surface area contributed by atoms with Crippen molar-refractivity contribution in [1.29, 1.82) is 0 Å². The third-order valence-corrected chi connectivity index (χ3v) is 6.07. The quantitative estimate of drug-likeness (QED) is 0.335. The summed E-state index contributed by atoms with van der Waals surface area (Å²) < 4.78 is 0. The van der Waals surface area contributed by atoms with Crippen molar-refractivity contribution < 1.29 is 0 Å². The van der Waals surface area contributed by atoms with E-state index in [0.29, 0.717) is 0 Å². The second-order valence-corrected chi connectivity index (χ2v) is 8.49. The van der Waals surface area contributed by atoms with Crippen molar-refractivity contribution in [3.63, 3.8) is 0 Å². The van der Waals surface area contributed by atoms with Gasteiger partial charge in [-0.15, -0.1) is 0 Å². The number of hydrogen-bond acceptors (Lipinski definition) is 0. The smallest absolute Gasteiger partial charge is 0.0260 e. The van der Waals surface area contributed by atoms with E-state index >= 15 is 0 Å². The van der Waals surface area contributed by atoms with Gasteiger partial charge in [0, 0.05) is 0 Å². The molecule has 0 amide bonds. The SMILES string of the molecule is CC.CCCC1CCC1.CCCc1ccccc1CCC/C=C/c1ccc(CC)cc1. The van der Waals surface area contributed by atoms with Crippen LogP contribution >= 0.6 is 0 Å². The lowest BCUT2D eigenvalue weighted by Gasteiger charge is -2.24. The highest BCUT2D eigenvalue weighted by Crippen LogP contribution is 2.29. The molecule has 0 unspecified atom stereocenters. The predicted octanol–water partition coefficient (Wildman–Crippen LogP) is 9.85. The van der Waals surface area contributed by atoms with Gasteiger partial charge in [0.15, 0.2) is 0 Å². The van der Waals surface area contributed by atoms with Gasteiger partial charge in [0.25, 0.3) is 0 Å². The van der Waals surface area contributed by atoms with Crippen molar-refractivity contribution in [3.05, 3.63) is 76.9 Å². The van der Waals surface area contributed by atoms with E-state index in [0.717, 1.165) is 18.8 Å². The van der Waals surface area contributed by atoms with E-state index in [1.54, 1.807) is 0 Å². The minimum atomic E-state index is 1.11. The van der Waals surface area contributed by atoms with Gasteiger partial charge in [-0.2, -0.15) is 0 Å². The lowest BCUT2D eigenvalue weighted by atomic mass is 9.82. The van der Waals surface area contributed by atoms with Crippen LogP contribution in [0.2, 0.25) is 0 Å². The third kappa shape index (κ3) is 11.4. The van der Waals surface area contributed by atoms with Crippen LogP contribution in [-0.4, -0.2) is 0 Å². The molecule has 0 saturated heterocycles. The van der Waals surface area contributed by atoms with E-state index in [2.05, 4.69) is 81.5 Å². The topological polar surface area (TPSA) is 0 Å². The Morgan fingerprint density at radius 2 is 1.45 bits per heavy atom. The standard InChI is InChI=1S/C22H28.C7H14.C2H6/c1-3-10-21-13-8-9-14-22(21)12-7-5-6-11-20-17-15-19(4-2)16-18-20;1-2-4-7-5-3-6-7;1-2/h6,8-9,11,13-18H,3-5,7,10,12H2,1-2H3;7H,2-6H2,1H3;1-2H3/b11-6+;;. The fraction of sp³-hybridized carbons (Fsp3) is 0.548. The van der Waals surface area contributed by atoms with E-state index in [4.69, 9.17) is 0 Å². The van der Waals surface area contributed by atoms with Crippen LogP contribution in [0.5, 0.6) is 0 Å². The summed E-state index contributed by atoms with van der Waals surface area (Å²) in [6, 6.07) is 17.8. The number of rotatable bonds is 10. The zero-order valence-electron chi connectivity index (χ0n) is 21.1. The van der Waals surface area contributed by atoms with Crippen molar-refractivity contribution in [2.45, 2.75) is 105 Å². The van der Waals surface area contributed by atoms with E-state index in [1.807, 2.05) is 13.8 Å². The summed E-state index contributed by atoms with van der Waals surface area (Å²) in [6.45, 7) is 10.7. The van der Waals surface area contributed by atoms with E-state index in [1.165, 1.54) is 80.0 Å². The molecule has 31 heavy (non-hydrogen) atoms. The maximum atomic E-state index is 2.31. The molecule has 1 fully saturated rings. The van der Waals surface area contributed by atoms with Crippen molar-refractivity contribution >= 4 is 6.08 Å². The molecule has 0 atom stereocenters. The highest BCUT2D eigenvalue weighted by atomic mass is 14.2. The maximum absolute atomic E-state index is 2.31. The number of unbranched alkanes of at least 4 members (excludes halogenated alkanes) is 1. The Hall–Kier alpha value is -1.82. The van der Waals surface area contributed by atoms with Gasteiger partial charge in [-0.1, -0.05) is 134 Å². The molecule has 1 aliphatic rings. The van der Waals surface area contributed by atoms with E-state index in [-0.39, 0.29) is 0 Å². The summed E-state index contributed by atoms with van der Waals surface area (Å²) in [5.41, 5.74) is 5.78. The zero-order chi connectivity index (χ0) is 22.7.